The summed E-state index contributed by atoms with van der Waals surface area (Å²) in [5.74, 6) is 0.836. The third-order valence-corrected chi connectivity index (χ3v) is 2.86. The zero-order valence-corrected chi connectivity index (χ0v) is 11.2. The van der Waals surface area contributed by atoms with Gasteiger partial charge in [0.2, 0.25) is 0 Å². The number of hydrogen-bond donors (Lipinski definition) is 1. The van der Waals surface area contributed by atoms with Gasteiger partial charge in [-0.3, -0.25) is 9.97 Å². The highest BCUT2D eigenvalue weighted by Crippen LogP contribution is 2.19. The molecule has 0 aliphatic rings. The van der Waals surface area contributed by atoms with Gasteiger partial charge in [0, 0.05) is 18.1 Å². The maximum absolute atomic E-state index is 4.46. The molecular weight excluding hydrogens is 224 g/mol. The molecule has 0 amide bonds. The van der Waals surface area contributed by atoms with Crippen LogP contribution >= 0.6 is 0 Å². The minimum atomic E-state index is 0.160. The smallest absolute Gasteiger partial charge is 0.148 e. The van der Waals surface area contributed by atoms with Crippen molar-refractivity contribution in [2.45, 2.75) is 33.7 Å². The minimum absolute atomic E-state index is 0.160. The van der Waals surface area contributed by atoms with Gasteiger partial charge in [-0.15, -0.1) is 0 Å². The highest BCUT2D eigenvalue weighted by atomic mass is 15.0. The maximum atomic E-state index is 4.46. The normalized spacial score (nSPS) is 12.2. The Morgan fingerprint density at radius 3 is 2.44 bits per heavy atom. The van der Waals surface area contributed by atoms with E-state index in [0.29, 0.717) is 0 Å². The summed E-state index contributed by atoms with van der Waals surface area (Å²) in [5, 5.41) is 3.37. The first-order chi connectivity index (χ1) is 8.56. The van der Waals surface area contributed by atoms with E-state index < -0.39 is 0 Å². The van der Waals surface area contributed by atoms with Crippen molar-refractivity contribution in [3.05, 3.63) is 47.2 Å². The number of anilines is 1. The Balaban J connectivity index is 2.18. The van der Waals surface area contributed by atoms with Crippen molar-refractivity contribution < 1.29 is 0 Å². The quantitative estimate of drug-likeness (QED) is 0.899. The molecule has 4 nitrogen and oxygen atoms in total. The van der Waals surface area contributed by atoms with Gasteiger partial charge in [0.1, 0.15) is 5.82 Å². The highest BCUT2D eigenvalue weighted by Gasteiger charge is 2.09. The lowest BCUT2D eigenvalue weighted by Crippen LogP contribution is -2.10. The molecule has 0 spiro atoms. The van der Waals surface area contributed by atoms with E-state index in [4.69, 9.17) is 0 Å². The standard InChI is InChI=1S/C14H18N4/c1-9-5-6-13(8-15-9)11(3)18-14-12(4)16-7-10(2)17-14/h5-8,11H,1-4H3,(H,17,18). The molecule has 94 valence electrons. The summed E-state index contributed by atoms with van der Waals surface area (Å²) in [6.07, 6.45) is 3.67. The van der Waals surface area contributed by atoms with Gasteiger partial charge in [-0.2, -0.15) is 0 Å². The van der Waals surface area contributed by atoms with E-state index in [-0.39, 0.29) is 6.04 Å². The van der Waals surface area contributed by atoms with Gasteiger partial charge in [0.15, 0.2) is 0 Å². The molecule has 2 aromatic heterocycles. The molecule has 4 heteroatoms. The SMILES string of the molecule is Cc1ccc(C(C)Nc2nc(C)cnc2C)cn1. The second-order valence-electron chi connectivity index (χ2n) is 4.54. The van der Waals surface area contributed by atoms with Crippen LogP contribution in [0.1, 0.15) is 35.6 Å². The van der Waals surface area contributed by atoms with Crippen molar-refractivity contribution in [3.63, 3.8) is 0 Å². The van der Waals surface area contributed by atoms with E-state index in [1.54, 1.807) is 6.20 Å². The first-order valence-corrected chi connectivity index (χ1v) is 6.05. The van der Waals surface area contributed by atoms with Gasteiger partial charge in [0.25, 0.3) is 0 Å². The number of nitrogens with one attached hydrogen (secondary N) is 1. The maximum Gasteiger partial charge on any atom is 0.148 e. The van der Waals surface area contributed by atoms with Crippen molar-refractivity contribution >= 4 is 5.82 Å². The largest absolute Gasteiger partial charge is 0.362 e. The fraction of sp³-hybridized carbons (Fsp3) is 0.357. The highest BCUT2D eigenvalue weighted by molar-refractivity contribution is 5.42. The van der Waals surface area contributed by atoms with Crippen molar-refractivity contribution in [1.29, 1.82) is 0 Å². The molecule has 2 rings (SSSR count). The number of aromatic nitrogens is 3. The van der Waals surface area contributed by atoms with Crippen LogP contribution in [0.5, 0.6) is 0 Å². The van der Waals surface area contributed by atoms with Gasteiger partial charge < -0.3 is 5.32 Å². The molecular formula is C14H18N4. The topological polar surface area (TPSA) is 50.7 Å². The van der Waals surface area contributed by atoms with Crippen molar-refractivity contribution in [2.75, 3.05) is 5.32 Å². The Kier molecular flexibility index (Phi) is 3.55. The number of pyridine rings is 1. The van der Waals surface area contributed by atoms with Crippen LogP contribution < -0.4 is 5.32 Å². The van der Waals surface area contributed by atoms with Gasteiger partial charge >= 0.3 is 0 Å². The molecule has 0 aliphatic heterocycles. The summed E-state index contributed by atoms with van der Waals surface area (Å²) < 4.78 is 0. The predicted octanol–water partition coefficient (Wildman–Crippen LogP) is 2.97. The summed E-state index contributed by atoms with van der Waals surface area (Å²) >= 11 is 0. The molecule has 0 fully saturated rings. The van der Waals surface area contributed by atoms with Crippen LogP contribution in [0.4, 0.5) is 5.82 Å². The molecule has 1 unspecified atom stereocenters. The average Bonchev–Trinajstić information content (AvgIpc) is 2.34. The lowest BCUT2D eigenvalue weighted by atomic mass is 10.1. The average molecular weight is 242 g/mol. The Morgan fingerprint density at radius 1 is 1.00 bits per heavy atom. The van der Waals surface area contributed by atoms with Gasteiger partial charge in [0.05, 0.1) is 17.4 Å². The first-order valence-electron chi connectivity index (χ1n) is 6.05. The van der Waals surface area contributed by atoms with Crippen LogP contribution in [0.25, 0.3) is 0 Å². The molecule has 0 radical (unpaired) electrons. The number of rotatable bonds is 3. The van der Waals surface area contributed by atoms with E-state index in [9.17, 15) is 0 Å². The first kappa shape index (κ1) is 12.5. The third-order valence-electron chi connectivity index (χ3n) is 2.86. The predicted molar refractivity (Wildman–Crippen MR) is 72.5 cm³/mol. The Hall–Kier alpha value is -1.97. The molecule has 0 aromatic carbocycles. The lowest BCUT2D eigenvalue weighted by molar-refractivity contribution is 0.852. The summed E-state index contributed by atoms with van der Waals surface area (Å²) in [7, 11) is 0. The summed E-state index contributed by atoms with van der Waals surface area (Å²) in [6, 6.07) is 4.26. The number of nitrogens with zero attached hydrogens (tertiary/aromatic N) is 3. The molecule has 0 saturated carbocycles. The van der Waals surface area contributed by atoms with Gasteiger partial charge in [-0.25, -0.2) is 4.98 Å². The van der Waals surface area contributed by atoms with E-state index in [0.717, 1.165) is 28.5 Å². The van der Waals surface area contributed by atoms with Crippen LogP contribution in [0.3, 0.4) is 0 Å². The van der Waals surface area contributed by atoms with Gasteiger partial charge in [-0.05, 0) is 39.3 Å². The Bertz CT molecular complexity index is 534. The van der Waals surface area contributed by atoms with Crippen molar-refractivity contribution in [3.8, 4) is 0 Å². The van der Waals surface area contributed by atoms with Crippen LogP contribution in [0.15, 0.2) is 24.5 Å². The minimum Gasteiger partial charge on any atom is -0.362 e. The second kappa shape index (κ2) is 5.12. The fourth-order valence-electron chi connectivity index (χ4n) is 1.70. The molecule has 0 aliphatic carbocycles. The summed E-state index contributed by atoms with van der Waals surface area (Å²) in [4.78, 5) is 13.1. The zero-order valence-electron chi connectivity index (χ0n) is 11.2. The molecule has 2 aromatic rings. The van der Waals surface area contributed by atoms with Crippen LogP contribution in [0, 0.1) is 20.8 Å². The molecule has 2 heterocycles. The van der Waals surface area contributed by atoms with E-state index in [1.165, 1.54) is 0 Å². The molecule has 0 saturated heterocycles. The van der Waals surface area contributed by atoms with E-state index in [1.807, 2.05) is 33.0 Å². The Labute approximate surface area is 108 Å². The molecule has 1 N–H and O–H groups in total. The molecule has 1 atom stereocenters. The molecule has 18 heavy (non-hydrogen) atoms. The van der Waals surface area contributed by atoms with Crippen LogP contribution in [-0.4, -0.2) is 15.0 Å². The van der Waals surface area contributed by atoms with Crippen LogP contribution in [0.2, 0.25) is 0 Å². The number of hydrogen-bond acceptors (Lipinski definition) is 4. The molecule has 0 bridgehead atoms. The van der Waals surface area contributed by atoms with E-state index in [2.05, 4.69) is 33.3 Å². The zero-order chi connectivity index (χ0) is 13.1. The summed E-state index contributed by atoms with van der Waals surface area (Å²) in [6.45, 7) is 7.97. The lowest BCUT2D eigenvalue weighted by Gasteiger charge is -2.16. The number of aryl methyl sites for hydroxylation is 3. The Morgan fingerprint density at radius 2 is 1.78 bits per heavy atom. The monoisotopic (exact) mass is 242 g/mol. The summed E-state index contributed by atoms with van der Waals surface area (Å²) in [5.41, 5.74) is 3.99. The fourth-order valence-corrected chi connectivity index (χ4v) is 1.70. The van der Waals surface area contributed by atoms with Crippen molar-refractivity contribution in [1.82, 2.24) is 15.0 Å². The van der Waals surface area contributed by atoms with Crippen LogP contribution in [-0.2, 0) is 0 Å². The van der Waals surface area contributed by atoms with Gasteiger partial charge in [-0.1, -0.05) is 6.07 Å². The third kappa shape index (κ3) is 2.83. The van der Waals surface area contributed by atoms with Crippen molar-refractivity contribution in [2.24, 2.45) is 0 Å². The second-order valence-corrected chi connectivity index (χ2v) is 4.54. The van der Waals surface area contributed by atoms with E-state index >= 15 is 0 Å².